The number of benzene rings is 1. The van der Waals surface area contributed by atoms with E-state index in [-0.39, 0.29) is 6.03 Å². The number of urea groups is 1. The number of anilines is 1. The Hall–Kier alpha value is -2.17. The molecule has 0 aromatic heterocycles. The van der Waals surface area contributed by atoms with Crippen molar-refractivity contribution < 1.29 is 14.3 Å². The van der Waals surface area contributed by atoms with Gasteiger partial charge >= 0.3 is 6.03 Å². The Morgan fingerprint density at radius 1 is 1.35 bits per heavy atom. The highest BCUT2D eigenvalue weighted by Gasteiger charge is 2.06. The van der Waals surface area contributed by atoms with Crippen molar-refractivity contribution in [1.29, 1.82) is 0 Å². The van der Waals surface area contributed by atoms with Crippen LogP contribution in [0.2, 0.25) is 0 Å². The van der Waals surface area contributed by atoms with Crippen molar-refractivity contribution >= 4 is 11.7 Å². The Morgan fingerprint density at radius 2 is 2.06 bits per heavy atom. The first kappa shape index (κ1) is 12.9. The standard InChI is InChI=1S/C12H16N2O3/c1-4-7-13-12(15)14-9-5-6-10(16-2)11(8-9)17-3/h4-6,8H,1,7H2,2-3H3,(H2,13,14,15). The van der Waals surface area contributed by atoms with E-state index in [0.29, 0.717) is 23.7 Å². The second-order valence-corrected chi connectivity index (χ2v) is 3.19. The third-order valence-electron chi connectivity index (χ3n) is 2.05. The Labute approximate surface area is 100 Å². The normalized spacial score (nSPS) is 9.29. The average molecular weight is 236 g/mol. The fourth-order valence-corrected chi connectivity index (χ4v) is 1.25. The van der Waals surface area contributed by atoms with Crippen LogP contribution in [-0.4, -0.2) is 26.8 Å². The van der Waals surface area contributed by atoms with Gasteiger partial charge in [-0.25, -0.2) is 4.79 Å². The predicted molar refractivity (Wildman–Crippen MR) is 66.8 cm³/mol. The minimum atomic E-state index is -0.294. The number of hydrogen-bond donors (Lipinski definition) is 2. The number of methoxy groups -OCH3 is 2. The summed E-state index contributed by atoms with van der Waals surface area (Å²) in [7, 11) is 3.10. The van der Waals surface area contributed by atoms with Crippen LogP contribution < -0.4 is 20.1 Å². The summed E-state index contributed by atoms with van der Waals surface area (Å²) in [5, 5.41) is 5.28. The summed E-state index contributed by atoms with van der Waals surface area (Å²) >= 11 is 0. The number of ether oxygens (including phenoxy) is 2. The molecule has 0 atom stereocenters. The zero-order valence-electron chi connectivity index (χ0n) is 9.95. The molecule has 0 heterocycles. The van der Waals surface area contributed by atoms with Gasteiger partial charge in [-0.05, 0) is 12.1 Å². The molecule has 5 nitrogen and oxygen atoms in total. The third kappa shape index (κ3) is 3.71. The van der Waals surface area contributed by atoms with Gasteiger partial charge in [0.1, 0.15) is 0 Å². The van der Waals surface area contributed by atoms with Crippen molar-refractivity contribution in [3.05, 3.63) is 30.9 Å². The second kappa shape index (κ2) is 6.42. The minimum Gasteiger partial charge on any atom is -0.493 e. The van der Waals surface area contributed by atoms with E-state index >= 15 is 0 Å². The lowest BCUT2D eigenvalue weighted by Gasteiger charge is -2.10. The molecule has 0 unspecified atom stereocenters. The van der Waals surface area contributed by atoms with E-state index in [4.69, 9.17) is 9.47 Å². The summed E-state index contributed by atoms with van der Waals surface area (Å²) < 4.78 is 10.2. The van der Waals surface area contributed by atoms with Crippen molar-refractivity contribution in [2.75, 3.05) is 26.1 Å². The zero-order valence-corrected chi connectivity index (χ0v) is 9.95. The molecule has 0 spiro atoms. The van der Waals surface area contributed by atoms with Gasteiger partial charge in [-0.1, -0.05) is 6.08 Å². The van der Waals surface area contributed by atoms with E-state index in [9.17, 15) is 4.79 Å². The lowest BCUT2D eigenvalue weighted by atomic mass is 10.3. The van der Waals surface area contributed by atoms with E-state index in [1.165, 1.54) is 0 Å². The number of nitrogens with one attached hydrogen (secondary N) is 2. The molecular weight excluding hydrogens is 220 g/mol. The average Bonchev–Trinajstić information content (AvgIpc) is 2.36. The predicted octanol–water partition coefficient (Wildman–Crippen LogP) is 2.01. The number of hydrogen-bond acceptors (Lipinski definition) is 3. The summed E-state index contributed by atoms with van der Waals surface area (Å²) in [6.07, 6.45) is 1.61. The highest BCUT2D eigenvalue weighted by Crippen LogP contribution is 2.29. The fourth-order valence-electron chi connectivity index (χ4n) is 1.25. The van der Waals surface area contributed by atoms with Crippen LogP contribution in [0.4, 0.5) is 10.5 Å². The maximum absolute atomic E-state index is 11.4. The summed E-state index contributed by atoms with van der Waals surface area (Å²) in [6.45, 7) is 3.93. The molecule has 0 radical (unpaired) electrons. The molecular formula is C12H16N2O3. The van der Waals surface area contributed by atoms with Crippen molar-refractivity contribution in [3.8, 4) is 11.5 Å². The summed E-state index contributed by atoms with van der Waals surface area (Å²) in [4.78, 5) is 11.4. The number of carbonyl (C=O) groups is 1. The van der Waals surface area contributed by atoms with Gasteiger partial charge in [0.25, 0.3) is 0 Å². The number of amides is 2. The quantitative estimate of drug-likeness (QED) is 0.769. The van der Waals surface area contributed by atoms with Gasteiger partial charge in [0.2, 0.25) is 0 Å². The van der Waals surface area contributed by atoms with Crippen LogP contribution in [-0.2, 0) is 0 Å². The van der Waals surface area contributed by atoms with Crippen LogP contribution in [0.25, 0.3) is 0 Å². The molecule has 5 heteroatoms. The van der Waals surface area contributed by atoms with E-state index < -0.39 is 0 Å². The van der Waals surface area contributed by atoms with Gasteiger partial charge in [0.15, 0.2) is 11.5 Å². The monoisotopic (exact) mass is 236 g/mol. The topological polar surface area (TPSA) is 59.6 Å². The molecule has 0 saturated heterocycles. The number of rotatable bonds is 5. The molecule has 0 aliphatic rings. The van der Waals surface area contributed by atoms with Crippen molar-refractivity contribution in [1.82, 2.24) is 5.32 Å². The highest BCUT2D eigenvalue weighted by molar-refractivity contribution is 5.89. The van der Waals surface area contributed by atoms with E-state index in [0.717, 1.165) is 0 Å². The molecule has 0 bridgehead atoms. The van der Waals surface area contributed by atoms with E-state index in [1.54, 1.807) is 38.5 Å². The van der Waals surface area contributed by atoms with Gasteiger partial charge < -0.3 is 20.1 Å². The Bertz CT molecular complexity index is 405. The first-order valence-electron chi connectivity index (χ1n) is 5.09. The maximum Gasteiger partial charge on any atom is 0.319 e. The Balaban J connectivity index is 2.71. The molecule has 1 rings (SSSR count). The van der Waals surface area contributed by atoms with Crippen LogP contribution in [0.3, 0.4) is 0 Å². The van der Waals surface area contributed by atoms with Gasteiger partial charge in [0.05, 0.1) is 14.2 Å². The lowest BCUT2D eigenvalue weighted by molar-refractivity contribution is 0.253. The van der Waals surface area contributed by atoms with Gasteiger partial charge in [-0.2, -0.15) is 0 Å². The largest absolute Gasteiger partial charge is 0.493 e. The van der Waals surface area contributed by atoms with Crippen LogP contribution in [0.1, 0.15) is 0 Å². The Morgan fingerprint density at radius 3 is 2.65 bits per heavy atom. The van der Waals surface area contributed by atoms with E-state index in [2.05, 4.69) is 17.2 Å². The van der Waals surface area contributed by atoms with Crippen LogP contribution in [0, 0.1) is 0 Å². The summed E-state index contributed by atoms with van der Waals surface area (Å²) in [6, 6.07) is 4.85. The molecule has 1 aromatic rings. The van der Waals surface area contributed by atoms with Crippen molar-refractivity contribution in [2.24, 2.45) is 0 Å². The molecule has 0 saturated carbocycles. The van der Waals surface area contributed by atoms with Crippen LogP contribution in [0.5, 0.6) is 11.5 Å². The zero-order chi connectivity index (χ0) is 12.7. The third-order valence-corrected chi connectivity index (χ3v) is 2.05. The first-order chi connectivity index (χ1) is 8.21. The minimum absolute atomic E-state index is 0.294. The second-order valence-electron chi connectivity index (χ2n) is 3.19. The van der Waals surface area contributed by atoms with Gasteiger partial charge in [-0.15, -0.1) is 6.58 Å². The smallest absolute Gasteiger partial charge is 0.319 e. The van der Waals surface area contributed by atoms with Gasteiger partial charge in [-0.3, -0.25) is 0 Å². The Kier molecular flexibility index (Phi) is 4.87. The molecule has 17 heavy (non-hydrogen) atoms. The molecule has 92 valence electrons. The van der Waals surface area contributed by atoms with Gasteiger partial charge in [0, 0.05) is 18.3 Å². The SMILES string of the molecule is C=CCNC(=O)Nc1ccc(OC)c(OC)c1. The van der Waals surface area contributed by atoms with Crippen LogP contribution >= 0.6 is 0 Å². The molecule has 0 fully saturated rings. The van der Waals surface area contributed by atoms with Crippen molar-refractivity contribution in [2.45, 2.75) is 0 Å². The van der Waals surface area contributed by atoms with E-state index in [1.807, 2.05) is 0 Å². The maximum atomic E-state index is 11.4. The molecule has 2 amide bonds. The fraction of sp³-hybridized carbons (Fsp3) is 0.250. The van der Waals surface area contributed by atoms with Crippen molar-refractivity contribution in [3.63, 3.8) is 0 Å². The molecule has 0 aliphatic carbocycles. The highest BCUT2D eigenvalue weighted by atomic mass is 16.5. The summed E-state index contributed by atoms with van der Waals surface area (Å²) in [5.74, 6) is 1.18. The first-order valence-corrected chi connectivity index (χ1v) is 5.09. The van der Waals surface area contributed by atoms with Crippen LogP contribution in [0.15, 0.2) is 30.9 Å². The molecule has 1 aromatic carbocycles. The summed E-state index contributed by atoms with van der Waals surface area (Å²) in [5.41, 5.74) is 0.629. The molecule has 0 aliphatic heterocycles. The molecule has 2 N–H and O–H groups in total. The lowest BCUT2D eigenvalue weighted by Crippen LogP contribution is -2.28. The number of carbonyl (C=O) groups excluding carboxylic acids is 1.